The molecule has 0 fully saturated rings. The number of halogens is 1. The first kappa shape index (κ1) is 22.7. The predicted molar refractivity (Wildman–Crippen MR) is 123 cm³/mol. The summed E-state index contributed by atoms with van der Waals surface area (Å²) in [5.41, 5.74) is 0.851. The van der Waals surface area contributed by atoms with Crippen LogP contribution >= 0.6 is 11.6 Å². The molecular weight excluding hydrogens is 464 g/mol. The predicted octanol–water partition coefficient (Wildman–Crippen LogP) is 4.82. The third-order valence-corrected chi connectivity index (χ3v) is 5.04. The molecule has 3 aromatic rings. The summed E-state index contributed by atoms with van der Waals surface area (Å²) in [7, 11) is 1.38. The number of non-ortho nitro benzene ring substituents is 1. The molecule has 1 aliphatic rings. The van der Waals surface area contributed by atoms with Gasteiger partial charge in [-0.1, -0.05) is 35.9 Å². The van der Waals surface area contributed by atoms with Gasteiger partial charge >= 0.3 is 11.9 Å². The average molecular weight is 479 g/mol. The van der Waals surface area contributed by atoms with Gasteiger partial charge in [-0.05, 0) is 42.0 Å². The lowest BCUT2D eigenvalue weighted by molar-refractivity contribution is -0.384. The Balaban J connectivity index is 1.58. The molecule has 0 saturated carbocycles. The number of methoxy groups -OCH3 is 1. The zero-order chi connectivity index (χ0) is 24.2. The van der Waals surface area contributed by atoms with Crippen LogP contribution < -0.4 is 9.47 Å². The second-order valence-corrected chi connectivity index (χ2v) is 7.33. The van der Waals surface area contributed by atoms with E-state index in [9.17, 15) is 19.7 Å². The molecule has 4 rings (SSSR count). The Morgan fingerprint density at radius 3 is 2.62 bits per heavy atom. The van der Waals surface area contributed by atoms with E-state index in [0.29, 0.717) is 16.1 Å². The lowest BCUT2D eigenvalue weighted by atomic mass is 10.1. The summed E-state index contributed by atoms with van der Waals surface area (Å²) in [6.07, 6.45) is 1.49. The highest BCUT2D eigenvalue weighted by atomic mass is 35.5. The molecule has 0 radical (unpaired) electrons. The molecule has 0 atom stereocenters. The number of carbonyl (C=O) groups excluding carboxylic acids is 2. The van der Waals surface area contributed by atoms with Crippen molar-refractivity contribution in [3.05, 3.63) is 104 Å². The van der Waals surface area contributed by atoms with E-state index in [0.717, 1.165) is 6.07 Å². The van der Waals surface area contributed by atoms with Crippen molar-refractivity contribution in [1.82, 2.24) is 0 Å². The largest absolute Gasteiger partial charge is 0.493 e. The number of nitro benzene ring substituents is 1. The zero-order valence-electron chi connectivity index (χ0n) is 17.6. The Labute approximate surface area is 198 Å². The molecule has 0 aliphatic carbocycles. The number of aliphatic imine (C=N–C) groups is 1. The Morgan fingerprint density at radius 2 is 1.88 bits per heavy atom. The summed E-state index contributed by atoms with van der Waals surface area (Å²) in [5.74, 6) is -1.04. The number of hydrogen-bond acceptors (Lipinski definition) is 8. The third kappa shape index (κ3) is 4.79. The van der Waals surface area contributed by atoms with Gasteiger partial charge in [0.15, 0.2) is 17.2 Å². The number of hydrogen-bond donors (Lipinski definition) is 0. The summed E-state index contributed by atoms with van der Waals surface area (Å²) in [6, 6.07) is 16.6. The van der Waals surface area contributed by atoms with Gasteiger partial charge in [0, 0.05) is 12.1 Å². The molecule has 0 bridgehead atoms. The third-order valence-electron chi connectivity index (χ3n) is 4.71. The van der Waals surface area contributed by atoms with Gasteiger partial charge in [-0.3, -0.25) is 10.1 Å². The normalized spacial score (nSPS) is 13.9. The van der Waals surface area contributed by atoms with Crippen LogP contribution in [-0.2, 0) is 9.53 Å². The maximum Gasteiger partial charge on any atom is 0.363 e. The van der Waals surface area contributed by atoms with E-state index in [1.165, 1.54) is 37.5 Å². The maximum atomic E-state index is 12.5. The topological polar surface area (TPSA) is 117 Å². The summed E-state index contributed by atoms with van der Waals surface area (Å²) in [6.45, 7) is 0. The Kier molecular flexibility index (Phi) is 6.37. The summed E-state index contributed by atoms with van der Waals surface area (Å²) >= 11 is 6.14. The van der Waals surface area contributed by atoms with Gasteiger partial charge in [0.2, 0.25) is 5.90 Å². The summed E-state index contributed by atoms with van der Waals surface area (Å²) in [4.78, 5) is 39.3. The highest BCUT2D eigenvalue weighted by Gasteiger charge is 2.25. The van der Waals surface area contributed by atoms with Crippen LogP contribution in [-0.4, -0.2) is 29.9 Å². The van der Waals surface area contributed by atoms with Crippen LogP contribution in [0.2, 0.25) is 5.02 Å². The fourth-order valence-corrected chi connectivity index (χ4v) is 3.30. The number of cyclic esters (lactones) is 1. The standard InChI is InChI=1S/C24H15ClN2O7/c1-32-21-12-14(11-19-24(29)34-22(26-19)17-7-2-3-8-18(17)25)9-10-20(21)33-23(28)15-5-4-6-16(13-15)27(30)31/h2-13H,1H3. The van der Waals surface area contributed by atoms with Crippen LogP contribution in [0.15, 0.2) is 77.4 Å². The fraction of sp³-hybridized carbons (Fsp3) is 0.0417. The Morgan fingerprint density at radius 1 is 1.09 bits per heavy atom. The molecule has 0 unspecified atom stereocenters. The van der Waals surface area contributed by atoms with Gasteiger partial charge in [-0.2, -0.15) is 0 Å². The number of carbonyl (C=O) groups is 2. The molecular formula is C24H15ClN2O7. The minimum atomic E-state index is -0.790. The van der Waals surface area contributed by atoms with Gasteiger partial charge in [0.1, 0.15) is 0 Å². The molecule has 0 N–H and O–H groups in total. The first-order valence-corrected chi connectivity index (χ1v) is 10.2. The van der Waals surface area contributed by atoms with Gasteiger partial charge in [-0.25, -0.2) is 14.6 Å². The van der Waals surface area contributed by atoms with Crippen LogP contribution in [0.5, 0.6) is 11.5 Å². The number of benzene rings is 3. The SMILES string of the molecule is COc1cc(C=C2N=C(c3ccccc3Cl)OC2=O)ccc1OC(=O)c1cccc([N+](=O)[O-])c1. The van der Waals surface area contributed by atoms with E-state index in [2.05, 4.69) is 4.99 Å². The van der Waals surface area contributed by atoms with Crippen molar-refractivity contribution >= 4 is 41.2 Å². The maximum absolute atomic E-state index is 12.5. The lowest BCUT2D eigenvalue weighted by Crippen LogP contribution is -2.09. The molecule has 1 heterocycles. The monoisotopic (exact) mass is 478 g/mol. The van der Waals surface area contributed by atoms with Crippen LogP contribution in [0.3, 0.4) is 0 Å². The van der Waals surface area contributed by atoms with Crippen molar-refractivity contribution in [1.29, 1.82) is 0 Å². The second-order valence-electron chi connectivity index (χ2n) is 6.92. The van der Waals surface area contributed by atoms with E-state index < -0.39 is 16.9 Å². The lowest BCUT2D eigenvalue weighted by Gasteiger charge is -2.10. The van der Waals surface area contributed by atoms with Crippen molar-refractivity contribution in [2.24, 2.45) is 4.99 Å². The molecule has 0 spiro atoms. The van der Waals surface area contributed by atoms with Crippen molar-refractivity contribution in [2.45, 2.75) is 0 Å². The van der Waals surface area contributed by atoms with Crippen molar-refractivity contribution in [2.75, 3.05) is 7.11 Å². The minimum absolute atomic E-state index is 0.0117. The first-order valence-electron chi connectivity index (χ1n) is 9.78. The number of ether oxygens (including phenoxy) is 3. The van der Waals surface area contributed by atoms with Gasteiger partial charge in [0.25, 0.3) is 5.69 Å². The van der Waals surface area contributed by atoms with E-state index in [-0.39, 0.29) is 34.3 Å². The number of nitrogens with zero attached hydrogens (tertiary/aromatic N) is 2. The molecule has 170 valence electrons. The molecule has 34 heavy (non-hydrogen) atoms. The van der Waals surface area contributed by atoms with Crippen molar-refractivity contribution < 1.29 is 28.7 Å². The van der Waals surface area contributed by atoms with E-state index in [1.54, 1.807) is 36.4 Å². The van der Waals surface area contributed by atoms with Crippen LogP contribution in [0.1, 0.15) is 21.5 Å². The zero-order valence-corrected chi connectivity index (χ0v) is 18.3. The number of esters is 2. The van der Waals surface area contributed by atoms with Crippen LogP contribution in [0, 0.1) is 10.1 Å². The molecule has 3 aromatic carbocycles. The summed E-state index contributed by atoms with van der Waals surface area (Å²) < 4.78 is 15.9. The van der Waals surface area contributed by atoms with Crippen molar-refractivity contribution in [3.63, 3.8) is 0 Å². The highest BCUT2D eigenvalue weighted by molar-refractivity contribution is 6.34. The van der Waals surface area contributed by atoms with E-state index >= 15 is 0 Å². The van der Waals surface area contributed by atoms with Gasteiger partial charge in [0.05, 0.1) is 28.2 Å². The Bertz CT molecular complexity index is 1380. The van der Waals surface area contributed by atoms with Crippen LogP contribution in [0.4, 0.5) is 5.69 Å². The average Bonchev–Trinajstić information content (AvgIpc) is 3.19. The number of rotatable bonds is 6. The molecule has 0 saturated heterocycles. The molecule has 10 heteroatoms. The van der Waals surface area contributed by atoms with E-state index in [4.69, 9.17) is 25.8 Å². The fourth-order valence-electron chi connectivity index (χ4n) is 3.08. The quantitative estimate of drug-likeness (QED) is 0.164. The molecule has 9 nitrogen and oxygen atoms in total. The summed E-state index contributed by atoms with van der Waals surface area (Å²) in [5, 5.41) is 11.3. The molecule has 0 aromatic heterocycles. The van der Waals surface area contributed by atoms with Crippen LogP contribution in [0.25, 0.3) is 6.08 Å². The first-order chi connectivity index (χ1) is 16.4. The molecule has 1 aliphatic heterocycles. The smallest absolute Gasteiger partial charge is 0.363 e. The van der Waals surface area contributed by atoms with Gasteiger partial charge in [-0.15, -0.1) is 0 Å². The van der Waals surface area contributed by atoms with Gasteiger partial charge < -0.3 is 14.2 Å². The highest BCUT2D eigenvalue weighted by Crippen LogP contribution is 2.31. The second kappa shape index (κ2) is 9.55. The Hall–Kier alpha value is -4.50. The van der Waals surface area contributed by atoms with E-state index in [1.807, 2.05) is 0 Å². The molecule has 0 amide bonds. The van der Waals surface area contributed by atoms with Crippen molar-refractivity contribution in [3.8, 4) is 11.5 Å². The minimum Gasteiger partial charge on any atom is -0.493 e. The number of nitro groups is 1.